The van der Waals surface area contributed by atoms with Crippen molar-refractivity contribution in [1.29, 1.82) is 0 Å². The molecule has 2 rings (SSSR count). The second-order valence-electron chi connectivity index (χ2n) is 4.62. The van der Waals surface area contributed by atoms with Crippen LogP contribution in [0.5, 0.6) is 0 Å². The van der Waals surface area contributed by atoms with Gasteiger partial charge in [0.05, 0.1) is 0 Å². The molecular formula is C13H22N2S. The van der Waals surface area contributed by atoms with E-state index in [0.29, 0.717) is 6.04 Å². The summed E-state index contributed by atoms with van der Waals surface area (Å²) in [6.07, 6.45) is 5.05. The molecule has 90 valence electrons. The normalized spacial score (nSPS) is 18.4. The van der Waals surface area contributed by atoms with E-state index in [2.05, 4.69) is 23.3 Å². The fourth-order valence-corrected chi connectivity index (χ4v) is 3.36. The van der Waals surface area contributed by atoms with Gasteiger partial charge in [0.25, 0.3) is 0 Å². The van der Waals surface area contributed by atoms with Crippen LogP contribution in [0.1, 0.15) is 36.6 Å². The molecule has 2 nitrogen and oxygen atoms in total. The van der Waals surface area contributed by atoms with Crippen molar-refractivity contribution >= 4 is 11.3 Å². The molecule has 0 aliphatic carbocycles. The van der Waals surface area contributed by atoms with Gasteiger partial charge in [0, 0.05) is 30.6 Å². The highest BCUT2D eigenvalue weighted by Gasteiger charge is 2.22. The summed E-state index contributed by atoms with van der Waals surface area (Å²) in [6.45, 7) is 5.36. The minimum absolute atomic E-state index is 0.591. The van der Waals surface area contributed by atoms with Crippen molar-refractivity contribution in [2.24, 2.45) is 5.73 Å². The van der Waals surface area contributed by atoms with E-state index in [4.69, 9.17) is 5.73 Å². The predicted octanol–water partition coefficient (Wildman–Crippen LogP) is 2.62. The average Bonchev–Trinajstić information content (AvgIpc) is 2.77. The van der Waals surface area contributed by atoms with Crippen LogP contribution >= 0.6 is 11.3 Å². The number of hydrogen-bond donors (Lipinski definition) is 1. The summed E-state index contributed by atoms with van der Waals surface area (Å²) in [5.41, 5.74) is 7.43. The summed E-state index contributed by atoms with van der Waals surface area (Å²) < 4.78 is 0. The molecule has 1 atom stereocenters. The lowest BCUT2D eigenvalue weighted by Crippen LogP contribution is -2.43. The molecule has 0 spiro atoms. The van der Waals surface area contributed by atoms with E-state index in [-0.39, 0.29) is 0 Å². The van der Waals surface area contributed by atoms with Crippen LogP contribution in [0, 0.1) is 0 Å². The summed E-state index contributed by atoms with van der Waals surface area (Å²) >= 11 is 1.91. The number of unbranched alkanes of at least 4 members (excludes halogenated alkanes) is 1. The van der Waals surface area contributed by atoms with Gasteiger partial charge in [-0.05, 0) is 29.9 Å². The molecule has 3 heteroatoms. The molecule has 0 bridgehead atoms. The Morgan fingerprint density at radius 1 is 1.56 bits per heavy atom. The molecule has 1 aromatic heterocycles. The first kappa shape index (κ1) is 12.1. The Labute approximate surface area is 102 Å². The number of thiophene rings is 1. The molecule has 1 unspecified atom stereocenters. The Balaban J connectivity index is 1.95. The van der Waals surface area contributed by atoms with Crippen molar-refractivity contribution in [3.8, 4) is 0 Å². The molecule has 1 aliphatic rings. The van der Waals surface area contributed by atoms with Gasteiger partial charge in [0.1, 0.15) is 0 Å². The van der Waals surface area contributed by atoms with Crippen LogP contribution in [0.15, 0.2) is 11.4 Å². The minimum atomic E-state index is 0.591. The SMILES string of the molecule is CCCCC(CN)N1CCc2sccc2C1. The standard InChI is InChI=1S/C13H22N2S/c1-2-3-4-12(9-14)15-7-5-13-11(10-15)6-8-16-13/h6,8,12H,2-5,7,9-10,14H2,1H3. The third-order valence-electron chi connectivity index (χ3n) is 3.52. The highest BCUT2D eigenvalue weighted by atomic mass is 32.1. The van der Waals surface area contributed by atoms with Crippen molar-refractivity contribution in [2.45, 2.75) is 45.2 Å². The largest absolute Gasteiger partial charge is 0.329 e. The maximum atomic E-state index is 5.90. The molecule has 16 heavy (non-hydrogen) atoms. The van der Waals surface area contributed by atoms with Crippen molar-refractivity contribution in [1.82, 2.24) is 4.90 Å². The van der Waals surface area contributed by atoms with Gasteiger partial charge in [-0.2, -0.15) is 0 Å². The molecule has 0 saturated heterocycles. The van der Waals surface area contributed by atoms with E-state index in [1.807, 2.05) is 11.3 Å². The predicted molar refractivity (Wildman–Crippen MR) is 70.8 cm³/mol. The summed E-state index contributed by atoms with van der Waals surface area (Å²) in [4.78, 5) is 4.16. The first-order chi connectivity index (χ1) is 7.85. The molecule has 0 amide bonds. The van der Waals surface area contributed by atoms with Crippen LogP contribution in [0.3, 0.4) is 0 Å². The highest BCUT2D eigenvalue weighted by Crippen LogP contribution is 2.25. The Hall–Kier alpha value is -0.380. The van der Waals surface area contributed by atoms with Gasteiger partial charge in [0.15, 0.2) is 0 Å². The first-order valence-electron chi connectivity index (χ1n) is 6.34. The average molecular weight is 238 g/mol. The number of nitrogens with zero attached hydrogens (tertiary/aromatic N) is 1. The van der Waals surface area contributed by atoms with E-state index in [1.165, 1.54) is 37.8 Å². The lowest BCUT2D eigenvalue weighted by atomic mass is 10.0. The second-order valence-corrected chi connectivity index (χ2v) is 5.62. The number of rotatable bonds is 5. The van der Waals surface area contributed by atoms with Gasteiger partial charge in [-0.25, -0.2) is 0 Å². The molecule has 0 aromatic carbocycles. The number of nitrogens with two attached hydrogens (primary N) is 1. The van der Waals surface area contributed by atoms with Crippen molar-refractivity contribution in [3.05, 3.63) is 21.9 Å². The summed E-state index contributed by atoms with van der Waals surface area (Å²) in [5, 5.41) is 2.22. The van der Waals surface area contributed by atoms with Crippen LogP contribution in [0.25, 0.3) is 0 Å². The highest BCUT2D eigenvalue weighted by molar-refractivity contribution is 7.10. The molecule has 1 aromatic rings. The van der Waals surface area contributed by atoms with E-state index < -0.39 is 0 Å². The molecular weight excluding hydrogens is 216 g/mol. The zero-order valence-electron chi connectivity index (χ0n) is 10.1. The van der Waals surface area contributed by atoms with Gasteiger partial charge in [-0.3, -0.25) is 4.90 Å². The Morgan fingerprint density at radius 3 is 3.19 bits per heavy atom. The molecule has 2 heterocycles. The van der Waals surface area contributed by atoms with E-state index in [1.54, 1.807) is 4.88 Å². The van der Waals surface area contributed by atoms with Crippen LogP contribution in [-0.2, 0) is 13.0 Å². The zero-order valence-corrected chi connectivity index (χ0v) is 10.9. The first-order valence-corrected chi connectivity index (χ1v) is 7.22. The van der Waals surface area contributed by atoms with E-state index >= 15 is 0 Å². The van der Waals surface area contributed by atoms with Crippen molar-refractivity contribution in [3.63, 3.8) is 0 Å². The fraction of sp³-hybridized carbons (Fsp3) is 0.692. The van der Waals surface area contributed by atoms with Crippen LogP contribution in [0.2, 0.25) is 0 Å². The topological polar surface area (TPSA) is 29.3 Å². The van der Waals surface area contributed by atoms with Gasteiger partial charge in [-0.15, -0.1) is 11.3 Å². The third-order valence-corrected chi connectivity index (χ3v) is 4.54. The lowest BCUT2D eigenvalue weighted by molar-refractivity contribution is 0.172. The molecule has 0 saturated carbocycles. The molecule has 1 aliphatic heterocycles. The van der Waals surface area contributed by atoms with Crippen molar-refractivity contribution < 1.29 is 0 Å². The summed E-state index contributed by atoms with van der Waals surface area (Å²) in [7, 11) is 0. The van der Waals surface area contributed by atoms with Gasteiger partial charge in [-0.1, -0.05) is 19.8 Å². The Kier molecular flexibility index (Phi) is 4.38. The van der Waals surface area contributed by atoms with Crippen LogP contribution in [0.4, 0.5) is 0 Å². The molecule has 0 fully saturated rings. The van der Waals surface area contributed by atoms with Gasteiger partial charge < -0.3 is 5.73 Å². The monoisotopic (exact) mass is 238 g/mol. The summed E-state index contributed by atoms with van der Waals surface area (Å²) in [6, 6.07) is 2.87. The number of fused-ring (bicyclic) bond motifs is 1. The second kappa shape index (κ2) is 5.80. The van der Waals surface area contributed by atoms with Gasteiger partial charge in [0.2, 0.25) is 0 Å². The molecule has 2 N–H and O–H groups in total. The van der Waals surface area contributed by atoms with Gasteiger partial charge >= 0.3 is 0 Å². The Morgan fingerprint density at radius 2 is 2.44 bits per heavy atom. The lowest BCUT2D eigenvalue weighted by Gasteiger charge is -2.34. The van der Waals surface area contributed by atoms with Crippen LogP contribution < -0.4 is 5.73 Å². The molecule has 0 radical (unpaired) electrons. The maximum absolute atomic E-state index is 5.90. The van der Waals surface area contributed by atoms with E-state index in [0.717, 1.165) is 13.1 Å². The third kappa shape index (κ3) is 2.65. The fourth-order valence-electron chi connectivity index (χ4n) is 2.47. The van der Waals surface area contributed by atoms with Crippen molar-refractivity contribution in [2.75, 3.05) is 13.1 Å². The summed E-state index contributed by atoms with van der Waals surface area (Å²) in [5.74, 6) is 0. The smallest absolute Gasteiger partial charge is 0.0248 e. The number of hydrogen-bond acceptors (Lipinski definition) is 3. The Bertz CT molecular complexity index is 321. The van der Waals surface area contributed by atoms with Crippen LogP contribution in [-0.4, -0.2) is 24.0 Å². The quantitative estimate of drug-likeness (QED) is 0.854. The van der Waals surface area contributed by atoms with E-state index in [9.17, 15) is 0 Å². The maximum Gasteiger partial charge on any atom is 0.0248 e. The zero-order chi connectivity index (χ0) is 11.4. The minimum Gasteiger partial charge on any atom is -0.329 e.